The third-order valence-corrected chi connectivity index (χ3v) is 2.62. The lowest BCUT2D eigenvalue weighted by molar-refractivity contribution is 0.129. The summed E-state index contributed by atoms with van der Waals surface area (Å²) in [5.74, 6) is 1.05. The van der Waals surface area contributed by atoms with Gasteiger partial charge in [0, 0.05) is 32.9 Å². The largest absolute Gasteiger partial charge is 0.373 e. The van der Waals surface area contributed by atoms with E-state index in [4.69, 9.17) is 0 Å². The van der Waals surface area contributed by atoms with E-state index in [0.29, 0.717) is 12.3 Å². The highest BCUT2D eigenvalue weighted by molar-refractivity contribution is 5.92. The molecule has 1 N–H and O–H groups in total. The van der Waals surface area contributed by atoms with Gasteiger partial charge in [0.25, 0.3) is 0 Å². The van der Waals surface area contributed by atoms with Crippen LogP contribution in [0.4, 0.5) is 4.39 Å². The van der Waals surface area contributed by atoms with Crippen molar-refractivity contribution in [1.82, 2.24) is 10.2 Å². The maximum absolute atomic E-state index is 13.7. The van der Waals surface area contributed by atoms with Gasteiger partial charge in [0.15, 0.2) is 6.30 Å². The number of amidine groups is 1. The van der Waals surface area contributed by atoms with Crippen molar-refractivity contribution >= 4 is 5.84 Å². The topological polar surface area (TPSA) is 27.6 Å². The van der Waals surface area contributed by atoms with Crippen LogP contribution >= 0.6 is 0 Å². The standard InChI is InChI=1S/C12H20FN3/c1-10-5-4-7-15-12(14-2)6-8-16(3)11(13)9-10/h4,6-8,10-11H,5,9H2,1-3H3,(H,14,15)/b7-4+,8-6-. The molecule has 1 heterocycles. The number of nitrogens with one attached hydrogen (secondary N) is 1. The van der Waals surface area contributed by atoms with Gasteiger partial charge < -0.3 is 10.2 Å². The summed E-state index contributed by atoms with van der Waals surface area (Å²) in [7, 11) is 3.54. The van der Waals surface area contributed by atoms with E-state index in [-0.39, 0.29) is 0 Å². The first-order chi connectivity index (χ1) is 7.63. The van der Waals surface area contributed by atoms with Gasteiger partial charge >= 0.3 is 0 Å². The van der Waals surface area contributed by atoms with Crippen LogP contribution in [0.5, 0.6) is 0 Å². The normalized spacial score (nSPS) is 34.5. The first-order valence-corrected chi connectivity index (χ1v) is 5.58. The molecule has 0 aromatic heterocycles. The minimum atomic E-state index is -0.934. The summed E-state index contributed by atoms with van der Waals surface area (Å²) in [4.78, 5) is 5.81. The molecule has 0 aliphatic carbocycles. The molecule has 1 rings (SSSR count). The fourth-order valence-electron chi connectivity index (χ4n) is 1.49. The molecule has 16 heavy (non-hydrogen) atoms. The highest BCUT2D eigenvalue weighted by Crippen LogP contribution is 2.16. The van der Waals surface area contributed by atoms with E-state index < -0.39 is 6.30 Å². The van der Waals surface area contributed by atoms with Crippen LogP contribution in [0.15, 0.2) is 29.5 Å². The van der Waals surface area contributed by atoms with Crippen LogP contribution in [0.25, 0.3) is 0 Å². The van der Waals surface area contributed by atoms with E-state index >= 15 is 0 Å². The fourth-order valence-corrected chi connectivity index (χ4v) is 1.49. The summed E-state index contributed by atoms with van der Waals surface area (Å²) in [6.07, 6.45) is 7.70. The van der Waals surface area contributed by atoms with Crippen molar-refractivity contribution in [3.05, 3.63) is 24.6 Å². The van der Waals surface area contributed by atoms with Crippen LogP contribution in [0.2, 0.25) is 0 Å². The predicted molar refractivity (Wildman–Crippen MR) is 65.8 cm³/mol. The molecule has 2 atom stereocenters. The van der Waals surface area contributed by atoms with Crippen molar-refractivity contribution in [2.24, 2.45) is 10.9 Å². The molecule has 0 saturated carbocycles. The molecule has 3 nitrogen and oxygen atoms in total. The molecule has 4 heteroatoms. The zero-order valence-electron chi connectivity index (χ0n) is 10.2. The zero-order chi connectivity index (χ0) is 12.0. The Morgan fingerprint density at radius 2 is 2.31 bits per heavy atom. The second-order valence-electron chi connectivity index (χ2n) is 4.14. The molecular formula is C12H20FN3. The third kappa shape index (κ3) is 4.04. The van der Waals surface area contributed by atoms with Gasteiger partial charge in [-0.25, -0.2) is 9.38 Å². The summed E-state index contributed by atoms with van der Waals surface area (Å²) < 4.78 is 13.7. The van der Waals surface area contributed by atoms with E-state index in [2.05, 4.69) is 17.2 Å². The van der Waals surface area contributed by atoms with Crippen molar-refractivity contribution in [3.63, 3.8) is 0 Å². The Bertz CT molecular complexity index is 297. The molecule has 0 saturated heterocycles. The Hall–Kier alpha value is -1.32. The van der Waals surface area contributed by atoms with Gasteiger partial charge in [-0.05, 0) is 18.4 Å². The summed E-state index contributed by atoms with van der Waals surface area (Å²) in [6, 6.07) is 0. The molecule has 0 aromatic carbocycles. The first kappa shape index (κ1) is 12.7. The smallest absolute Gasteiger partial charge is 0.172 e. The van der Waals surface area contributed by atoms with Gasteiger partial charge in [-0.3, -0.25) is 0 Å². The van der Waals surface area contributed by atoms with E-state index in [1.807, 2.05) is 6.08 Å². The molecule has 0 spiro atoms. The predicted octanol–water partition coefficient (Wildman–Crippen LogP) is 2.29. The Morgan fingerprint density at radius 3 is 3.00 bits per heavy atom. The van der Waals surface area contributed by atoms with Crippen molar-refractivity contribution < 1.29 is 4.39 Å². The second kappa shape index (κ2) is 6.30. The molecular weight excluding hydrogens is 205 g/mol. The molecule has 0 aromatic rings. The molecule has 1 aliphatic heterocycles. The van der Waals surface area contributed by atoms with Crippen LogP contribution in [0.1, 0.15) is 19.8 Å². The molecule has 0 fully saturated rings. The Balaban J connectivity index is 2.82. The highest BCUT2D eigenvalue weighted by Gasteiger charge is 2.14. The van der Waals surface area contributed by atoms with Crippen LogP contribution in [-0.4, -0.2) is 31.1 Å². The first-order valence-electron chi connectivity index (χ1n) is 5.58. The lowest BCUT2D eigenvalue weighted by Gasteiger charge is -2.21. The van der Waals surface area contributed by atoms with E-state index in [1.54, 1.807) is 37.5 Å². The number of rotatable bonds is 0. The van der Waals surface area contributed by atoms with Gasteiger partial charge in [-0.2, -0.15) is 0 Å². The number of aliphatic imine (C=N–C) groups is 1. The zero-order valence-corrected chi connectivity index (χ0v) is 10.2. The van der Waals surface area contributed by atoms with Crippen LogP contribution in [0, 0.1) is 5.92 Å². The number of allylic oxidation sites excluding steroid dienone is 1. The lowest BCUT2D eigenvalue weighted by atomic mass is 10.0. The summed E-state index contributed by atoms with van der Waals surface area (Å²) in [5.41, 5.74) is 0. The Kier molecular flexibility index (Phi) is 5.02. The van der Waals surface area contributed by atoms with Crippen LogP contribution in [0.3, 0.4) is 0 Å². The van der Waals surface area contributed by atoms with Gasteiger partial charge in [0.05, 0.1) is 0 Å². The Morgan fingerprint density at radius 1 is 1.56 bits per heavy atom. The summed E-state index contributed by atoms with van der Waals surface area (Å²) in [5, 5.41) is 2.95. The quantitative estimate of drug-likeness (QED) is 0.640. The van der Waals surface area contributed by atoms with Crippen molar-refractivity contribution in [2.75, 3.05) is 14.1 Å². The van der Waals surface area contributed by atoms with Gasteiger partial charge in [-0.1, -0.05) is 13.0 Å². The fraction of sp³-hybridized carbons (Fsp3) is 0.583. The van der Waals surface area contributed by atoms with E-state index in [1.165, 1.54) is 0 Å². The van der Waals surface area contributed by atoms with E-state index in [0.717, 1.165) is 12.3 Å². The number of hydrogen-bond donors (Lipinski definition) is 1. The second-order valence-corrected chi connectivity index (χ2v) is 4.14. The SMILES string of the molecule is CNC1=N/C=C/CC(C)CC(F)N(C)/C=C\1. The van der Waals surface area contributed by atoms with Gasteiger partial charge in [-0.15, -0.1) is 0 Å². The number of likely N-dealkylation sites (N-methyl/N-ethyl adjacent to an activating group) is 1. The van der Waals surface area contributed by atoms with E-state index in [9.17, 15) is 4.39 Å². The number of halogens is 1. The van der Waals surface area contributed by atoms with Crippen molar-refractivity contribution in [2.45, 2.75) is 26.1 Å². The highest BCUT2D eigenvalue weighted by atomic mass is 19.1. The maximum Gasteiger partial charge on any atom is 0.172 e. The molecule has 90 valence electrons. The summed E-state index contributed by atoms with van der Waals surface area (Å²) >= 11 is 0. The monoisotopic (exact) mass is 225 g/mol. The average Bonchev–Trinajstić information content (AvgIpc) is 2.28. The minimum absolute atomic E-state index is 0.327. The lowest BCUT2D eigenvalue weighted by Crippen LogP contribution is -2.25. The number of alkyl halides is 1. The maximum atomic E-state index is 13.7. The Labute approximate surface area is 96.7 Å². The third-order valence-electron chi connectivity index (χ3n) is 2.62. The van der Waals surface area contributed by atoms with Gasteiger partial charge in [0.2, 0.25) is 0 Å². The molecule has 0 amide bonds. The van der Waals surface area contributed by atoms with Crippen LogP contribution < -0.4 is 5.32 Å². The van der Waals surface area contributed by atoms with Crippen LogP contribution in [-0.2, 0) is 0 Å². The molecule has 1 aliphatic rings. The number of nitrogens with zero attached hydrogens (tertiary/aromatic N) is 2. The average molecular weight is 225 g/mol. The molecule has 0 bridgehead atoms. The molecule has 2 unspecified atom stereocenters. The minimum Gasteiger partial charge on any atom is -0.373 e. The van der Waals surface area contributed by atoms with Crippen molar-refractivity contribution in [1.29, 1.82) is 0 Å². The molecule has 0 radical (unpaired) electrons. The summed E-state index contributed by atoms with van der Waals surface area (Å²) in [6.45, 7) is 2.05. The van der Waals surface area contributed by atoms with Crippen molar-refractivity contribution in [3.8, 4) is 0 Å². The van der Waals surface area contributed by atoms with Gasteiger partial charge in [0.1, 0.15) is 5.84 Å². The number of hydrogen-bond acceptors (Lipinski definition) is 3.